The van der Waals surface area contributed by atoms with Crippen LogP contribution in [0, 0.1) is 12.8 Å². The van der Waals surface area contributed by atoms with Crippen LogP contribution in [-0.2, 0) is 17.4 Å². The van der Waals surface area contributed by atoms with Gasteiger partial charge in [0.2, 0.25) is 5.82 Å². The average molecular weight is 604 g/mol. The van der Waals surface area contributed by atoms with E-state index in [0.717, 1.165) is 18.4 Å². The van der Waals surface area contributed by atoms with E-state index >= 15 is 0 Å². The first-order chi connectivity index (χ1) is 19.1. The van der Waals surface area contributed by atoms with Gasteiger partial charge in [0, 0.05) is 23.2 Å². The molecule has 11 heteroatoms. The van der Waals surface area contributed by atoms with Crippen LogP contribution in [0.4, 0.5) is 13.2 Å². The zero-order chi connectivity index (χ0) is 28.2. The molecule has 0 amide bonds. The number of nitrogens with one attached hydrogen (secondary N) is 1. The normalized spacial score (nSPS) is 19.8. The molecule has 4 aromatic rings. The minimum Gasteiger partial charge on any atom is -0.481 e. The zero-order valence-electron chi connectivity index (χ0n) is 21.8. The van der Waals surface area contributed by atoms with E-state index in [4.69, 9.17) is 21.2 Å². The van der Waals surface area contributed by atoms with E-state index in [-0.39, 0.29) is 46.9 Å². The smallest absolute Gasteiger partial charge is 0.418 e. The van der Waals surface area contributed by atoms with Crippen molar-refractivity contribution >= 4 is 30.0 Å². The predicted octanol–water partition coefficient (Wildman–Crippen LogP) is 7.91. The summed E-state index contributed by atoms with van der Waals surface area (Å²) in [6.07, 6.45) is -1.43. The van der Waals surface area contributed by atoms with E-state index in [1.165, 1.54) is 29.3 Å². The van der Waals surface area contributed by atoms with Gasteiger partial charge in [0.25, 0.3) is 5.89 Å². The van der Waals surface area contributed by atoms with Crippen LogP contribution in [0.25, 0.3) is 34.0 Å². The highest BCUT2D eigenvalue weighted by Crippen LogP contribution is 2.43. The first-order valence-electron chi connectivity index (χ1n) is 13.0. The Morgan fingerprint density at radius 3 is 2.54 bits per heavy atom. The Morgan fingerprint density at radius 1 is 1.07 bits per heavy atom. The minimum atomic E-state index is -4.59. The molecule has 1 atom stereocenters. The van der Waals surface area contributed by atoms with Crippen LogP contribution in [0.15, 0.2) is 59.1 Å². The fraction of sp³-hybridized carbons (Fsp3) is 0.300. The minimum absolute atomic E-state index is 0. The third-order valence-corrected chi connectivity index (χ3v) is 8.20. The summed E-state index contributed by atoms with van der Waals surface area (Å²) in [7, 11) is 0. The molecule has 2 aliphatic carbocycles. The summed E-state index contributed by atoms with van der Waals surface area (Å²) in [6.45, 7) is 1.73. The van der Waals surface area contributed by atoms with Gasteiger partial charge in [-0.1, -0.05) is 47.1 Å². The lowest BCUT2D eigenvalue weighted by atomic mass is 9.80. The zero-order valence-corrected chi connectivity index (χ0v) is 23.4. The molecule has 6 nitrogen and oxygen atoms in total. The fourth-order valence-corrected chi connectivity index (χ4v) is 6.05. The molecule has 0 bridgehead atoms. The Hall–Kier alpha value is -3.40. The van der Waals surface area contributed by atoms with Crippen LogP contribution in [-0.4, -0.2) is 27.3 Å². The Morgan fingerprint density at radius 2 is 1.83 bits per heavy atom. The lowest BCUT2D eigenvalue weighted by molar-refractivity contribution is -0.145. The number of fused-ring (bicyclic) bond motifs is 1. The lowest BCUT2D eigenvalue weighted by Gasteiger charge is -2.35. The molecule has 214 valence electrons. The van der Waals surface area contributed by atoms with Crippen LogP contribution in [0.5, 0.6) is 0 Å². The summed E-state index contributed by atoms with van der Waals surface area (Å²) >= 11 is 5.92. The third kappa shape index (κ3) is 5.58. The number of halogens is 5. The number of aliphatic carboxylic acids is 1. The van der Waals surface area contributed by atoms with Gasteiger partial charge in [-0.25, -0.2) is 0 Å². The molecule has 1 saturated carbocycles. The molecule has 2 aliphatic rings. The van der Waals surface area contributed by atoms with Crippen molar-refractivity contribution in [3.63, 3.8) is 0 Å². The van der Waals surface area contributed by atoms with Gasteiger partial charge in [0.15, 0.2) is 0 Å². The maximum Gasteiger partial charge on any atom is 0.418 e. The van der Waals surface area contributed by atoms with Crippen molar-refractivity contribution < 1.29 is 27.6 Å². The first kappa shape index (κ1) is 29.1. The molecular weight excluding hydrogens is 578 g/mol. The SMILES string of the molecule is Cc1cc(-c2nc(-c3ccc4c(c3)CCC4NC3CC(C(=O)O)C3)no2)ccc1-c1cccc(Cl)c1C(F)(F)F.Cl. The van der Waals surface area contributed by atoms with Gasteiger partial charge in [-0.2, -0.15) is 18.2 Å². The molecule has 1 unspecified atom stereocenters. The number of rotatable bonds is 6. The van der Waals surface area contributed by atoms with Crippen molar-refractivity contribution in [3.05, 3.63) is 81.9 Å². The maximum atomic E-state index is 13.7. The van der Waals surface area contributed by atoms with Crippen molar-refractivity contribution in [1.29, 1.82) is 0 Å². The first-order valence-corrected chi connectivity index (χ1v) is 13.4. The summed E-state index contributed by atoms with van der Waals surface area (Å²) in [6, 6.07) is 15.6. The molecule has 0 aliphatic heterocycles. The second-order valence-electron chi connectivity index (χ2n) is 10.5. The second-order valence-corrected chi connectivity index (χ2v) is 10.9. The Kier molecular flexibility index (Phi) is 7.89. The van der Waals surface area contributed by atoms with E-state index in [9.17, 15) is 18.0 Å². The van der Waals surface area contributed by atoms with Gasteiger partial charge in [0.05, 0.1) is 16.5 Å². The number of hydrogen-bond acceptors (Lipinski definition) is 5. The van der Waals surface area contributed by atoms with Gasteiger partial charge >= 0.3 is 12.1 Å². The molecule has 1 heterocycles. The molecular formula is C30H26Cl2F3N3O3. The topological polar surface area (TPSA) is 88.2 Å². The predicted molar refractivity (Wildman–Crippen MR) is 151 cm³/mol. The number of aryl methyl sites for hydroxylation is 2. The Bertz CT molecular complexity index is 1620. The molecule has 2 N–H and O–H groups in total. The monoisotopic (exact) mass is 603 g/mol. The van der Waals surface area contributed by atoms with Crippen molar-refractivity contribution in [2.45, 2.75) is 50.9 Å². The molecule has 0 radical (unpaired) electrons. The molecule has 6 rings (SSSR count). The Labute approximate surface area is 245 Å². The Balaban J connectivity index is 0.00000337. The number of carbonyl (C=O) groups is 1. The average Bonchev–Trinajstić information content (AvgIpc) is 3.52. The van der Waals surface area contributed by atoms with Crippen LogP contribution < -0.4 is 5.32 Å². The summed E-state index contributed by atoms with van der Waals surface area (Å²) in [5.41, 5.74) is 3.99. The molecule has 1 aromatic heterocycles. The largest absolute Gasteiger partial charge is 0.481 e. The van der Waals surface area contributed by atoms with Crippen molar-refractivity contribution in [3.8, 4) is 34.0 Å². The molecule has 0 spiro atoms. The van der Waals surface area contributed by atoms with Gasteiger partial charge in [-0.05, 0) is 84.7 Å². The van der Waals surface area contributed by atoms with Crippen LogP contribution in [0.1, 0.15) is 47.6 Å². The summed E-state index contributed by atoms with van der Waals surface area (Å²) in [4.78, 5) is 15.6. The summed E-state index contributed by atoms with van der Waals surface area (Å²) in [5.74, 6) is -0.280. The number of carboxylic acids is 1. The highest BCUT2D eigenvalue weighted by molar-refractivity contribution is 6.31. The van der Waals surface area contributed by atoms with Crippen LogP contribution in [0.3, 0.4) is 0 Å². The van der Waals surface area contributed by atoms with Crippen molar-refractivity contribution in [1.82, 2.24) is 15.5 Å². The van der Waals surface area contributed by atoms with Crippen molar-refractivity contribution in [2.75, 3.05) is 0 Å². The lowest BCUT2D eigenvalue weighted by Crippen LogP contribution is -2.45. The van der Waals surface area contributed by atoms with Crippen LogP contribution in [0.2, 0.25) is 5.02 Å². The van der Waals surface area contributed by atoms with E-state index in [2.05, 4.69) is 27.6 Å². The molecule has 41 heavy (non-hydrogen) atoms. The highest BCUT2D eigenvalue weighted by atomic mass is 35.5. The fourth-order valence-electron chi connectivity index (χ4n) is 5.76. The van der Waals surface area contributed by atoms with Gasteiger partial charge in [0.1, 0.15) is 0 Å². The van der Waals surface area contributed by atoms with E-state index < -0.39 is 17.7 Å². The van der Waals surface area contributed by atoms with Crippen molar-refractivity contribution in [2.24, 2.45) is 5.92 Å². The van der Waals surface area contributed by atoms with E-state index in [1.54, 1.807) is 25.1 Å². The van der Waals surface area contributed by atoms with Gasteiger partial charge < -0.3 is 14.9 Å². The van der Waals surface area contributed by atoms with E-state index in [0.29, 0.717) is 35.4 Å². The number of benzene rings is 3. The van der Waals surface area contributed by atoms with E-state index in [1.807, 2.05) is 6.07 Å². The molecule has 0 saturated heterocycles. The number of alkyl halides is 3. The number of aromatic nitrogens is 2. The highest BCUT2D eigenvalue weighted by Gasteiger charge is 2.37. The number of nitrogens with zero attached hydrogens (tertiary/aromatic N) is 2. The molecule has 1 fully saturated rings. The number of carboxylic acid groups (broad SMARTS) is 1. The summed E-state index contributed by atoms with van der Waals surface area (Å²) < 4.78 is 46.7. The van der Waals surface area contributed by atoms with Gasteiger partial charge in [-0.15, -0.1) is 12.4 Å². The van der Waals surface area contributed by atoms with Crippen LogP contribution >= 0.6 is 24.0 Å². The third-order valence-electron chi connectivity index (χ3n) is 7.89. The second kappa shape index (κ2) is 11.1. The number of hydrogen-bond donors (Lipinski definition) is 2. The molecule has 3 aromatic carbocycles. The standard InChI is InChI=1S/C30H25ClF3N3O3.ClH/c1-15-11-18(6-8-21(15)23-3-2-4-24(31)26(23)30(32,33)34)28-36-27(37-40-28)17-5-9-22-16(12-17)7-10-25(22)35-20-13-19(14-20)29(38)39;/h2-6,8-9,11-12,19-20,25,35H,7,10,13-14H2,1H3,(H,38,39);1H. The summed E-state index contributed by atoms with van der Waals surface area (Å²) in [5, 5.41) is 16.5. The van der Waals surface area contributed by atoms with Gasteiger partial charge in [-0.3, -0.25) is 4.79 Å². The maximum absolute atomic E-state index is 13.7. The quantitative estimate of drug-likeness (QED) is 0.233.